The van der Waals surface area contributed by atoms with Crippen LogP contribution in [0.4, 0.5) is 51.2 Å². The fourth-order valence-electron chi connectivity index (χ4n) is 12.9. The van der Waals surface area contributed by atoms with E-state index in [0.29, 0.717) is 0 Å². The van der Waals surface area contributed by atoms with Gasteiger partial charge in [0, 0.05) is 56.3 Å². The fraction of sp³-hybridized carbons (Fsp3) is 0.194. The van der Waals surface area contributed by atoms with Crippen molar-refractivity contribution in [2.75, 3.05) is 14.7 Å². The van der Waals surface area contributed by atoms with Crippen molar-refractivity contribution in [2.45, 2.75) is 85.0 Å². The summed E-state index contributed by atoms with van der Waals surface area (Å²) in [6.45, 7) is 21.2. The molecule has 1 aromatic heterocycles. The van der Waals surface area contributed by atoms with Gasteiger partial charge in [-0.25, -0.2) is 0 Å². The first-order valence-electron chi connectivity index (χ1n) is 25.7. The summed E-state index contributed by atoms with van der Waals surface area (Å²) < 4.78 is 7.12. The molecular formula is C67H60BN3O. The van der Waals surface area contributed by atoms with Gasteiger partial charge in [-0.15, -0.1) is 0 Å². The van der Waals surface area contributed by atoms with E-state index in [1.807, 2.05) is 0 Å². The molecule has 0 atom stereocenters. The minimum atomic E-state index is -0.130. The minimum Gasteiger partial charge on any atom is -0.454 e. The van der Waals surface area contributed by atoms with Crippen LogP contribution in [0.3, 0.4) is 0 Å². The highest BCUT2D eigenvalue weighted by atomic mass is 16.3. The van der Waals surface area contributed by atoms with Crippen molar-refractivity contribution in [3.8, 4) is 11.1 Å². The Bertz CT molecular complexity index is 3770. The quantitative estimate of drug-likeness (QED) is 0.155. The maximum atomic E-state index is 7.12. The van der Waals surface area contributed by atoms with E-state index in [2.05, 4.69) is 265 Å². The first kappa shape index (κ1) is 44.2. The maximum absolute atomic E-state index is 7.12. The van der Waals surface area contributed by atoms with Crippen LogP contribution in [0.1, 0.15) is 82.7 Å². The zero-order chi connectivity index (χ0) is 49.4. The summed E-state index contributed by atoms with van der Waals surface area (Å²) in [5, 5.41) is 2.29. The van der Waals surface area contributed by atoms with Gasteiger partial charge in [-0.1, -0.05) is 152 Å². The van der Waals surface area contributed by atoms with E-state index >= 15 is 0 Å². The zero-order valence-electron chi connectivity index (χ0n) is 42.9. The smallest absolute Gasteiger partial charge is 0.252 e. The van der Waals surface area contributed by atoms with Gasteiger partial charge in [0.05, 0.1) is 5.69 Å². The van der Waals surface area contributed by atoms with Crippen LogP contribution < -0.4 is 31.1 Å². The van der Waals surface area contributed by atoms with Crippen molar-refractivity contribution in [3.05, 3.63) is 216 Å². The Morgan fingerprint density at radius 2 is 1.08 bits per heavy atom. The molecule has 72 heavy (non-hydrogen) atoms. The van der Waals surface area contributed by atoms with Gasteiger partial charge >= 0.3 is 0 Å². The lowest BCUT2D eigenvalue weighted by molar-refractivity contribution is 0.403. The first-order chi connectivity index (χ1) is 34.6. The molecule has 0 fully saturated rings. The maximum Gasteiger partial charge on any atom is 0.252 e. The lowest BCUT2D eigenvalue weighted by atomic mass is 9.33. The summed E-state index contributed by atoms with van der Waals surface area (Å²) >= 11 is 0. The fourth-order valence-corrected chi connectivity index (χ4v) is 12.9. The highest BCUT2D eigenvalue weighted by Gasteiger charge is 2.49. The van der Waals surface area contributed by atoms with Gasteiger partial charge in [0.1, 0.15) is 5.58 Å². The third-order valence-electron chi connectivity index (χ3n) is 16.1. The number of aryl methyl sites for hydroxylation is 2. The van der Waals surface area contributed by atoms with Gasteiger partial charge in [-0.3, -0.25) is 0 Å². The third kappa shape index (κ3) is 6.80. The monoisotopic (exact) mass is 933 g/mol. The van der Waals surface area contributed by atoms with Crippen molar-refractivity contribution in [2.24, 2.45) is 0 Å². The van der Waals surface area contributed by atoms with E-state index in [-0.39, 0.29) is 23.0 Å². The Balaban J connectivity index is 1.17. The van der Waals surface area contributed by atoms with Crippen LogP contribution in [-0.4, -0.2) is 6.71 Å². The number of para-hydroxylation sites is 3. The SMILES string of the molecule is Cc1cc2c3c(c1)N(c1cc(C(C)(C)C)cc4c1oc1ccccc14)c1cc4c(cc1B3c1cc(N(c3ccccc3)c3ccccc3)ccc1N2c1cc(-c2ccccc2)ccc1C)C(C)(C)CC4(C)C. The van der Waals surface area contributed by atoms with Gasteiger partial charge in [0.25, 0.3) is 6.71 Å². The molecule has 5 heteroatoms. The molecule has 3 aliphatic rings. The molecule has 3 heterocycles. The van der Waals surface area contributed by atoms with E-state index in [4.69, 9.17) is 4.42 Å². The summed E-state index contributed by atoms with van der Waals surface area (Å²) in [6.07, 6.45) is 1.07. The predicted octanol–water partition coefficient (Wildman–Crippen LogP) is 16.7. The van der Waals surface area contributed by atoms with Gasteiger partial charge in [0.2, 0.25) is 0 Å². The minimum absolute atomic E-state index is 0.0228. The van der Waals surface area contributed by atoms with Crippen LogP contribution in [0.25, 0.3) is 33.1 Å². The molecular weight excluding hydrogens is 874 g/mol. The van der Waals surface area contributed by atoms with E-state index in [0.717, 1.165) is 51.1 Å². The molecule has 4 nitrogen and oxygen atoms in total. The summed E-state index contributed by atoms with van der Waals surface area (Å²) in [5.41, 5.74) is 24.9. The van der Waals surface area contributed by atoms with Gasteiger partial charge < -0.3 is 19.1 Å². The molecule has 0 radical (unpaired) electrons. The predicted molar refractivity (Wildman–Crippen MR) is 307 cm³/mol. The van der Waals surface area contributed by atoms with Gasteiger partial charge in [-0.2, -0.15) is 0 Å². The topological polar surface area (TPSA) is 22.9 Å². The molecule has 352 valence electrons. The Labute approximate surface area is 425 Å². The highest BCUT2D eigenvalue weighted by Crippen LogP contribution is 2.54. The Kier molecular flexibility index (Phi) is 9.75. The standard InChI is InChI=1S/C67H60BN3O/c1-42-33-59-63-60(34-42)71(61-37-46(65(3,4)5)36-51-50-27-19-20-28-62(50)72-64(51)61)58-40-53-52(66(6,7)41-67(53,8)9)39-55(58)68(63)54-38-49(69(47-23-15-11-16-24-47)48-25-17-12-18-26-48)31-32-56(54)70(59)57-35-45(30-29-43(57)2)44-21-13-10-14-22-44/h10-40H,41H2,1-9H3. The van der Waals surface area contributed by atoms with Crippen molar-refractivity contribution >= 4 is 96.2 Å². The second-order valence-corrected chi connectivity index (χ2v) is 23.1. The van der Waals surface area contributed by atoms with E-state index < -0.39 is 0 Å². The summed E-state index contributed by atoms with van der Waals surface area (Å²) in [6, 6.07) is 70.2. The lowest BCUT2D eigenvalue weighted by Crippen LogP contribution is -2.61. The molecule has 13 rings (SSSR count). The molecule has 0 unspecified atom stereocenters. The molecule has 0 saturated heterocycles. The Morgan fingerprint density at radius 1 is 0.486 bits per heavy atom. The number of hydrogen-bond donors (Lipinski definition) is 0. The molecule has 0 bridgehead atoms. The van der Waals surface area contributed by atoms with Crippen LogP contribution in [0.5, 0.6) is 0 Å². The number of anilines is 9. The van der Waals surface area contributed by atoms with Crippen molar-refractivity contribution in [1.82, 2.24) is 0 Å². The number of benzene rings is 9. The number of nitrogens with zero attached hydrogens (tertiary/aromatic N) is 3. The average molecular weight is 934 g/mol. The van der Waals surface area contributed by atoms with Crippen LogP contribution in [0, 0.1) is 13.8 Å². The summed E-state index contributed by atoms with van der Waals surface area (Å²) in [5.74, 6) is 0. The third-order valence-corrected chi connectivity index (χ3v) is 16.1. The zero-order valence-corrected chi connectivity index (χ0v) is 42.9. The number of furan rings is 1. The molecule has 2 aliphatic heterocycles. The van der Waals surface area contributed by atoms with Crippen LogP contribution in [0.15, 0.2) is 192 Å². The Hall–Kier alpha value is -7.76. The number of rotatable bonds is 6. The van der Waals surface area contributed by atoms with Gasteiger partial charge in [-0.05, 0) is 177 Å². The van der Waals surface area contributed by atoms with Crippen LogP contribution in [0.2, 0.25) is 0 Å². The lowest BCUT2D eigenvalue weighted by Gasteiger charge is -2.45. The second kappa shape index (κ2) is 15.9. The second-order valence-electron chi connectivity index (χ2n) is 23.1. The molecule has 1 aliphatic carbocycles. The molecule has 0 spiro atoms. The van der Waals surface area contributed by atoms with E-state index in [1.165, 1.54) is 83.8 Å². The van der Waals surface area contributed by atoms with E-state index in [9.17, 15) is 0 Å². The highest BCUT2D eigenvalue weighted by molar-refractivity contribution is 7.00. The molecule has 0 amide bonds. The molecule has 9 aromatic carbocycles. The normalized spacial score (nSPS) is 15.1. The average Bonchev–Trinajstić information content (AvgIpc) is 3.83. The molecule has 0 saturated carbocycles. The molecule has 10 aromatic rings. The van der Waals surface area contributed by atoms with Crippen LogP contribution in [-0.2, 0) is 16.2 Å². The van der Waals surface area contributed by atoms with Gasteiger partial charge in [0.15, 0.2) is 5.58 Å². The summed E-state index contributed by atoms with van der Waals surface area (Å²) in [7, 11) is 0. The largest absolute Gasteiger partial charge is 0.454 e. The van der Waals surface area contributed by atoms with Crippen molar-refractivity contribution < 1.29 is 4.42 Å². The van der Waals surface area contributed by atoms with Crippen molar-refractivity contribution in [1.29, 1.82) is 0 Å². The van der Waals surface area contributed by atoms with Crippen LogP contribution >= 0.6 is 0 Å². The molecule has 0 N–H and O–H groups in total. The summed E-state index contributed by atoms with van der Waals surface area (Å²) in [4.78, 5) is 7.61. The van der Waals surface area contributed by atoms with E-state index in [1.54, 1.807) is 0 Å². The van der Waals surface area contributed by atoms with Crippen molar-refractivity contribution in [3.63, 3.8) is 0 Å². The first-order valence-corrected chi connectivity index (χ1v) is 25.7. The Morgan fingerprint density at radius 3 is 1.75 bits per heavy atom. The number of hydrogen-bond acceptors (Lipinski definition) is 4. The number of fused-ring (bicyclic) bond motifs is 8.